The Hall–Kier alpha value is -3.04. The summed E-state index contributed by atoms with van der Waals surface area (Å²) < 4.78 is 38.4. The second kappa shape index (κ2) is 10.5. The maximum Gasteiger partial charge on any atom is 0.262 e. The quantitative estimate of drug-likeness (QED) is 0.561. The van der Waals surface area contributed by atoms with E-state index in [9.17, 15) is 13.2 Å². The Labute approximate surface area is 192 Å². The van der Waals surface area contributed by atoms with Gasteiger partial charge in [0.05, 0.1) is 23.6 Å². The fourth-order valence-corrected chi connectivity index (χ4v) is 4.46. The van der Waals surface area contributed by atoms with Gasteiger partial charge >= 0.3 is 0 Å². The van der Waals surface area contributed by atoms with Gasteiger partial charge in [-0.1, -0.05) is 17.7 Å². The zero-order valence-corrected chi connectivity index (χ0v) is 19.3. The predicted octanol–water partition coefficient (Wildman–Crippen LogP) is 3.87. The van der Waals surface area contributed by atoms with Crippen LogP contribution in [0, 0.1) is 0 Å². The number of nitrogens with zero attached hydrogens (tertiary/aromatic N) is 1. The Bertz CT molecular complexity index is 1160. The molecule has 0 saturated carbocycles. The molecule has 1 heterocycles. The molecular formula is C22H24ClN3O5S. The molecule has 8 nitrogen and oxygen atoms in total. The molecule has 3 rings (SSSR count). The van der Waals surface area contributed by atoms with Crippen LogP contribution in [0.4, 0.5) is 5.69 Å². The number of carbonyl (C=O) groups is 1. The summed E-state index contributed by atoms with van der Waals surface area (Å²) in [6.07, 6.45) is 4.31. The number of halogens is 1. The van der Waals surface area contributed by atoms with E-state index in [1.807, 2.05) is 6.92 Å². The van der Waals surface area contributed by atoms with Gasteiger partial charge in [-0.25, -0.2) is 8.42 Å². The number of sulfonamides is 1. The minimum atomic E-state index is -3.77. The maximum absolute atomic E-state index is 12.5. The first-order valence-corrected chi connectivity index (χ1v) is 11.8. The molecule has 0 unspecified atom stereocenters. The molecular weight excluding hydrogens is 454 g/mol. The molecule has 2 aromatic rings. The molecule has 0 aromatic heterocycles. The van der Waals surface area contributed by atoms with Crippen LogP contribution in [0.15, 0.2) is 52.4 Å². The summed E-state index contributed by atoms with van der Waals surface area (Å²) in [5.41, 5.74) is 0.988. The molecule has 0 radical (unpaired) electrons. The van der Waals surface area contributed by atoms with Crippen molar-refractivity contribution in [1.29, 1.82) is 0 Å². The molecule has 1 aliphatic heterocycles. The first-order valence-electron chi connectivity index (χ1n) is 9.98. The topological polar surface area (TPSA) is 106 Å². The van der Waals surface area contributed by atoms with Crippen LogP contribution >= 0.6 is 11.6 Å². The standard InChI is InChI=1S/C22H24ClN3O5S/c1-3-31-22-18(23)12-15(13-19(22)30-2)9-10-21(27)25-16-6-4-7-17(14-16)32(28,29)26-20-8-5-11-24-20/h4,6-7,9-10,12-14H,3,5,8,11H2,1-2H3,(H,24,26)(H,25,27)/b10-9+. The Morgan fingerprint density at radius 3 is 2.78 bits per heavy atom. The van der Waals surface area contributed by atoms with Crippen molar-refractivity contribution < 1.29 is 22.7 Å². The molecule has 0 bridgehead atoms. The van der Waals surface area contributed by atoms with E-state index in [-0.39, 0.29) is 4.90 Å². The highest BCUT2D eigenvalue weighted by Gasteiger charge is 2.18. The van der Waals surface area contributed by atoms with Crippen molar-refractivity contribution in [3.63, 3.8) is 0 Å². The summed E-state index contributed by atoms with van der Waals surface area (Å²) in [4.78, 5) is 16.5. The third kappa shape index (κ3) is 6.02. The van der Waals surface area contributed by atoms with E-state index < -0.39 is 15.9 Å². The monoisotopic (exact) mass is 477 g/mol. The minimum Gasteiger partial charge on any atom is -0.493 e. The average molecular weight is 478 g/mol. The molecule has 2 N–H and O–H groups in total. The Morgan fingerprint density at radius 1 is 1.28 bits per heavy atom. The second-order valence-electron chi connectivity index (χ2n) is 6.86. The molecule has 32 heavy (non-hydrogen) atoms. The van der Waals surface area contributed by atoms with Crippen LogP contribution in [0.1, 0.15) is 25.3 Å². The molecule has 1 amide bonds. The summed E-state index contributed by atoms with van der Waals surface area (Å²) in [5.74, 6) is 0.911. The molecule has 0 spiro atoms. The fraction of sp³-hybridized carbons (Fsp3) is 0.273. The number of anilines is 1. The van der Waals surface area contributed by atoms with Crippen molar-refractivity contribution >= 4 is 45.1 Å². The van der Waals surface area contributed by atoms with E-state index in [4.69, 9.17) is 21.1 Å². The van der Waals surface area contributed by atoms with E-state index in [1.165, 1.54) is 25.3 Å². The van der Waals surface area contributed by atoms with Gasteiger partial charge in [-0.2, -0.15) is 0 Å². The number of rotatable bonds is 8. The van der Waals surface area contributed by atoms with Gasteiger partial charge in [0, 0.05) is 24.7 Å². The molecule has 1 aliphatic rings. The fourth-order valence-electron chi connectivity index (χ4n) is 3.05. The molecule has 0 saturated heterocycles. The summed E-state index contributed by atoms with van der Waals surface area (Å²) in [7, 11) is -2.27. The number of amidine groups is 1. The zero-order chi connectivity index (χ0) is 23.1. The van der Waals surface area contributed by atoms with Gasteiger partial charge in [0.2, 0.25) is 5.91 Å². The number of carbonyl (C=O) groups excluding carboxylic acids is 1. The minimum absolute atomic E-state index is 0.0388. The third-order valence-corrected chi connectivity index (χ3v) is 6.17. The van der Waals surface area contributed by atoms with Crippen LogP contribution in [-0.2, 0) is 14.8 Å². The van der Waals surface area contributed by atoms with Crippen molar-refractivity contribution in [3.05, 3.63) is 53.1 Å². The van der Waals surface area contributed by atoms with Crippen LogP contribution in [0.2, 0.25) is 5.02 Å². The lowest BCUT2D eigenvalue weighted by Crippen LogP contribution is -2.29. The Balaban J connectivity index is 1.71. The van der Waals surface area contributed by atoms with Gasteiger partial charge in [0.1, 0.15) is 5.84 Å². The third-order valence-electron chi connectivity index (χ3n) is 4.51. The number of hydrogen-bond acceptors (Lipinski definition) is 6. The second-order valence-corrected chi connectivity index (χ2v) is 8.94. The molecule has 2 aromatic carbocycles. The van der Waals surface area contributed by atoms with Crippen LogP contribution < -0.4 is 19.5 Å². The SMILES string of the molecule is CCOc1c(Cl)cc(/C=C/C(=O)Nc2cccc(S(=O)(=O)NC3=NCCC3)c2)cc1OC. The highest BCUT2D eigenvalue weighted by atomic mass is 35.5. The molecule has 170 valence electrons. The number of methoxy groups -OCH3 is 1. The number of amides is 1. The van der Waals surface area contributed by atoms with E-state index in [0.717, 1.165) is 6.42 Å². The van der Waals surface area contributed by atoms with E-state index in [2.05, 4.69) is 15.0 Å². The van der Waals surface area contributed by atoms with E-state index >= 15 is 0 Å². The number of benzene rings is 2. The molecule has 0 fully saturated rings. The molecule has 0 atom stereocenters. The van der Waals surface area contributed by atoms with Gasteiger partial charge in [-0.3, -0.25) is 14.5 Å². The lowest BCUT2D eigenvalue weighted by atomic mass is 10.2. The predicted molar refractivity (Wildman–Crippen MR) is 125 cm³/mol. The number of nitrogens with one attached hydrogen (secondary N) is 2. The van der Waals surface area contributed by atoms with Gasteiger partial charge in [0.15, 0.2) is 11.5 Å². The van der Waals surface area contributed by atoms with Gasteiger partial charge < -0.3 is 14.8 Å². The Morgan fingerprint density at radius 2 is 2.09 bits per heavy atom. The largest absolute Gasteiger partial charge is 0.493 e. The lowest BCUT2D eigenvalue weighted by molar-refractivity contribution is -0.111. The van der Waals surface area contributed by atoms with E-state index in [1.54, 1.807) is 30.3 Å². The number of aliphatic imine (C=N–C) groups is 1. The van der Waals surface area contributed by atoms with Gasteiger partial charge in [0.25, 0.3) is 10.0 Å². The zero-order valence-electron chi connectivity index (χ0n) is 17.7. The van der Waals surface area contributed by atoms with Crippen LogP contribution in [-0.4, -0.2) is 40.4 Å². The highest BCUT2D eigenvalue weighted by molar-refractivity contribution is 7.90. The van der Waals surface area contributed by atoms with Crippen LogP contribution in [0.5, 0.6) is 11.5 Å². The van der Waals surface area contributed by atoms with Crippen molar-refractivity contribution in [1.82, 2.24) is 4.72 Å². The van der Waals surface area contributed by atoms with E-state index in [0.29, 0.717) is 53.2 Å². The summed E-state index contributed by atoms with van der Waals surface area (Å²) in [6, 6.07) is 9.36. The average Bonchev–Trinajstić information content (AvgIpc) is 3.26. The smallest absolute Gasteiger partial charge is 0.262 e. The Kier molecular flexibility index (Phi) is 7.76. The lowest BCUT2D eigenvalue weighted by Gasteiger charge is -2.12. The normalized spacial score (nSPS) is 13.7. The summed E-state index contributed by atoms with van der Waals surface area (Å²) >= 11 is 6.25. The van der Waals surface area contributed by atoms with Crippen molar-refractivity contribution in [3.8, 4) is 11.5 Å². The highest BCUT2D eigenvalue weighted by Crippen LogP contribution is 2.36. The van der Waals surface area contributed by atoms with Crippen molar-refractivity contribution in [2.75, 3.05) is 25.6 Å². The summed E-state index contributed by atoms with van der Waals surface area (Å²) in [6.45, 7) is 2.89. The van der Waals surface area contributed by atoms with Gasteiger partial charge in [-0.15, -0.1) is 0 Å². The van der Waals surface area contributed by atoms with Crippen molar-refractivity contribution in [2.24, 2.45) is 4.99 Å². The number of ether oxygens (including phenoxy) is 2. The first-order chi connectivity index (χ1) is 15.3. The van der Waals surface area contributed by atoms with Crippen LogP contribution in [0.3, 0.4) is 0 Å². The van der Waals surface area contributed by atoms with Gasteiger partial charge in [-0.05, 0) is 55.3 Å². The maximum atomic E-state index is 12.5. The van der Waals surface area contributed by atoms with Crippen molar-refractivity contribution in [2.45, 2.75) is 24.7 Å². The molecule has 10 heteroatoms. The summed E-state index contributed by atoms with van der Waals surface area (Å²) in [5, 5.41) is 3.02. The first kappa shape index (κ1) is 23.6. The molecule has 0 aliphatic carbocycles. The number of hydrogen-bond donors (Lipinski definition) is 2. The van der Waals surface area contributed by atoms with Crippen LogP contribution in [0.25, 0.3) is 6.08 Å².